The van der Waals surface area contributed by atoms with Gasteiger partial charge in [-0.15, -0.1) is 0 Å². The summed E-state index contributed by atoms with van der Waals surface area (Å²) in [4.78, 5) is 39.4. The number of hydrogen-bond donors (Lipinski definition) is 2. The van der Waals surface area contributed by atoms with E-state index in [-0.39, 0.29) is 35.9 Å². The molecule has 42 heavy (non-hydrogen) atoms. The monoisotopic (exact) mass is 590 g/mol. The van der Waals surface area contributed by atoms with Crippen LogP contribution >= 0.6 is 0 Å². The largest absolute Gasteiger partial charge is 0.390 e. The van der Waals surface area contributed by atoms with E-state index in [2.05, 4.69) is 20.3 Å². The maximum atomic E-state index is 14.2. The van der Waals surface area contributed by atoms with E-state index in [9.17, 15) is 35.9 Å². The van der Waals surface area contributed by atoms with E-state index in [0.717, 1.165) is 29.9 Å². The number of amides is 1. The first-order chi connectivity index (χ1) is 19.9. The molecule has 8 nitrogen and oxygen atoms in total. The summed E-state index contributed by atoms with van der Waals surface area (Å²) in [5.74, 6) is -4.12. The maximum Gasteiger partial charge on any atom is 0.390 e. The van der Waals surface area contributed by atoms with Crippen molar-refractivity contribution in [1.82, 2.24) is 29.7 Å². The lowest BCUT2D eigenvalue weighted by molar-refractivity contribution is -0.133. The Labute approximate surface area is 234 Å². The molecule has 1 aliphatic heterocycles. The molecule has 0 atom stereocenters. The predicted molar refractivity (Wildman–Crippen MR) is 140 cm³/mol. The van der Waals surface area contributed by atoms with E-state index < -0.39 is 48.9 Å². The Kier molecular flexibility index (Phi) is 6.83. The van der Waals surface area contributed by atoms with Crippen molar-refractivity contribution >= 4 is 16.9 Å². The number of rotatable bonds is 8. The number of aromatic nitrogens is 4. The number of halogens is 6. The van der Waals surface area contributed by atoms with E-state index in [1.807, 2.05) is 0 Å². The van der Waals surface area contributed by atoms with Crippen LogP contribution in [-0.2, 0) is 6.54 Å². The predicted octanol–water partition coefficient (Wildman–Crippen LogP) is 4.93. The van der Waals surface area contributed by atoms with Gasteiger partial charge in [0.05, 0.1) is 30.6 Å². The number of pyridine rings is 1. The van der Waals surface area contributed by atoms with E-state index in [0.29, 0.717) is 28.0 Å². The van der Waals surface area contributed by atoms with Gasteiger partial charge >= 0.3 is 6.18 Å². The van der Waals surface area contributed by atoms with E-state index >= 15 is 0 Å². The number of fused-ring (bicyclic) bond motifs is 1. The summed E-state index contributed by atoms with van der Waals surface area (Å²) in [5.41, 5.74) is 1.72. The first-order valence-corrected chi connectivity index (χ1v) is 13.2. The zero-order valence-corrected chi connectivity index (χ0v) is 21.9. The first kappa shape index (κ1) is 27.9. The molecule has 0 bridgehead atoms. The molecule has 3 aromatic heterocycles. The highest BCUT2D eigenvalue weighted by Gasteiger charge is 2.46. The average molecular weight is 591 g/mol. The number of benzene rings is 1. The van der Waals surface area contributed by atoms with Crippen LogP contribution in [0.25, 0.3) is 28.0 Å². The number of hydrogen-bond acceptors (Lipinski definition) is 5. The third-order valence-electron chi connectivity index (χ3n) is 7.23. The van der Waals surface area contributed by atoms with Crippen LogP contribution in [0, 0.1) is 5.82 Å². The van der Waals surface area contributed by atoms with Crippen molar-refractivity contribution in [3.05, 3.63) is 75.8 Å². The summed E-state index contributed by atoms with van der Waals surface area (Å²) in [6.07, 6.45) is -2.27. The summed E-state index contributed by atoms with van der Waals surface area (Å²) in [6, 6.07) is 8.41. The molecular formula is C28H24F6N6O2. The molecule has 2 N–H and O–H groups in total. The zero-order chi connectivity index (χ0) is 29.8. The molecule has 1 aliphatic carbocycles. The molecular weight excluding hydrogens is 566 g/mol. The zero-order valence-electron chi connectivity index (χ0n) is 21.9. The Morgan fingerprint density at radius 2 is 1.88 bits per heavy atom. The Morgan fingerprint density at radius 1 is 1.12 bits per heavy atom. The molecule has 14 heteroatoms. The smallest absolute Gasteiger partial charge is 0.351 e. The maximum absolute atomic E-state index is 14.2. The lowest BCUT2D eigenvalue weighted by atomic mass is 9.96. The summed E-state index contributed by atoms with van der Waals surface area (Å²) in [7, 11) is 0. The van der Waals surface area contributed by atoms with Gasteiger partial charge in [-0.3, -0.25) is 9.59 Å². The van der Waals surface area contributed by atoms with Crippen molar-refractivity contribution in [2.24, 2.45) is 0 Å². The van der Waals surface area contributed by atoms with Crippen LogP contribution in [-0.4, -0.2) is 62.1 Å². The first-order valence-electron chi connectivity index (χ1n) is 13.2. The lowest BCUT2D eigenvalue weighted by Crippen LogP contribution is -2.58. The number of alkyl halides is 5. The van der Waals surface area contributed by atoms with Gasteiger partial charge in [0.1, 0.15) is 23.5 Å². The normalized spacial score (nSPS) is 16.6. The second-order valence-corrected chi connectivity index (χ2v) is 10.6. The Hall–Kier alpha value is -4.20. The molecule has 2 fully saturated rings. The number of nitrogens with zero attached hydrogens (tertiary/aromatic N) is 4. The highest BCUT2D eigenvalue weighted by atomic mass is 19.4. The quantitative estimate of drug-likeness (QED) is 0.224. The molecule has 1 aromatic carbocycles. The highest BCUT2D eigenvalue weighted by molar-refractivity contribution is 6.01. The molecule has 6 rings (SSSR count). The van der Waals surface area contributed by atoms with Crippen LogP contribution in [0.5, 0.6) is 0 Å². The van der Waals surface area contributed by atoms with Crippen LogP contribution in [0.15, 0.2) is 47.5 Å². The fourth-order valence-corrected chi connectivity index (χ4v) is 4.94. The molecule has 0 radical (unpaired) electrons. The fourth-order valence-electron chi connectivity index (χ4n) is 4.94. The van der Waals surface area contributed by atoms with Crippen molar-refractivity contribution in [3.63, 3.8) is 0 Å². The van der Waals surface area contributed by atoms with Crippen LogP contribution in [0.4, 0.5) is 26.3 Å². The summed E-state index contributed by atoms with van der Waals surface area (Å²) < 4.78 is 79.6. The van der Waals surface area contributed by atoms with E-state index in [4.69, 9.17) is 0 Å². The number of likely N-dealkylation sites (tertiary alicyclic amines) is 1. The summed E-state index contributed by atoms with van der Waals surface area (Å²) in [6.45, 7) is -1.73. The van der Waals surface area contributed by atoms with Crippen molar-refractivity contribution in [2.45, 2.75) is 43.8 Å². The van der Waals surface area contributed by atoms with Crippen LogP contribution in [0.1, 0.15) is 46.9 Å². The van der Waals surface area contributed by atoms with Crippen LogP contribution in [0.2, 0.25) is 0 Å². The Bertz CT molecular complexity index is 1740. The molecule has 2 aliphatic rings. The van der Waals surface area contributed by atoms with Gasteiger partial charge in [0.15, 0.2) is 0 Å². The number of aromatic amines is 1. The molecule has 220 valence electrons. The van der Waals surface area contributed by atoms with Gasteiger partial charge in [0, 0.05) is 30.4 Å². The van der Waals surface area contributed by atoms with Gasteiger partial charge in [-0.1, -0.05) is 6.07 Å². The number of carbonyl (C=O) groups excluding carboxylic acids is 1. The fraction of sp³-hybridized carbons (Fsp3) is 0.357. The molecule has 4 aromatic rings. The Balaban J connectivity index is 1.35. The molecule has 1 amide bonds. The minimum absolute atomic E-state index is 0.0652. The van der Waals surface area contributed by atoms with Crippen LogP contribution in [0.3, 0.4) is 0 Å². The third-order valence-corrected chi connectivity index (χ3v) is 7.23. The molecule has 4 heterocycles. The SMILES string of the molecule is O=C(c1cc(F)ccc1-c1cc(C2CC2)nc(-n2cnc3cc(CNCCC(F)(F)F)[nH]c3c2=O)c1)N1CC(F)(F)C1. The number of H-pyrrole nitrogens is 1. The minimum atomic E-state index is -4.28. The van der Waals surface area contributed by atoms with E-state index in [1.54, 1.807) is 12.1 Å². The van der Waals surface area contributed by atoms with Gasteiger partial charge in [-0.2, -0.15) is 13.2 Å². The topological polar surface area (TPSA) is 95.9 Å². The summed E-state index contributed by atoms with van der Waals surface area (Å²) >= 11 is 0. The summed E-state index contributed by atoms with van der Waals surface area (Å²) in [5, 5.41) is 2.68. The molecule has 0 unspecified atom stereocenters. The standard InChI is InChI=1S/C28H24F6N6O2/c29-17-3-4-19(20(9-17)25(41)39-12-27(30,31)13-39)16-7-21(15-1-2-15)38-23(8-16)40-14-36-22-10-18(37-24(22)26(40)42)11-35-6-5-28(32,33)34/h3-4,7-10,14-15,35,37H,1-2,5-6,11-13H2. The third kappa shape index (κ3) is 5.75. The van der Waals surface area contributed by atoms with Crippen molar-refractivity contribution in [2.75, 3.05) is 19.6 Å². The van der Waals surface area contributed by atoms with Gasteiger partial charge in [-0.25, -0.2) is 27.7 Å². The van der Waals surface area contributed by atoms with Crippen LogP contribution < -0.4 is 10.9 Å². The Morgan fingerprint density at radius 3 is 2.57 bits per heavy atom. The second-order valence-electron chi connectivity index (χ2n) is 10.6. The lowest BCUT2D eigenvalue weighted by Gasteiger charge is -2.39. The van der Waals surface area contributed by atoms with Gasteiger partial charge in [-0.05, 0) is 54.3 Å². The van der Waals surface area contributed by atoms with Crippen molar-refractivity contribution in [1.29, 1.82) is 0 Å². The van der Waals surface area contributed by atoms with Gasteiger partial charge in [0.25, 0.3) is 17.4 Å². The molecule has 0 spiro atoms. The minimum Gasteiger partial charge on any atom is -0.351 e. The van der Waals surface area contributed by atoms with Crippen molar-refractivity contribution < 1.29 is 31.1 Å². The average Bonchev–Trinajstić information content (AvgIpc) is 3.68. The second kappa shape index (κ2) is 10.3. The molecule has 1 saturated carbocycles. The van der Waals surface area contributed by atoms with E-state index in [1.165, 1.54) is 23.0 Å². The number of carbonyl (C=O) groups is 1. The molecule has 1 saturated heterocycles. The highest BCUT2D eigenvalue weighted by Crippen LogP contribution is 2.41. The van der Waals surface area contributed by atoms with Crippen molar-refractivity contribution in [3.8, 4) is 16.9 Å². The van der Waals surface area contributed by atoms with Gasteiger partial charge in [0.2, 0.25) is 0 Å². The van der Waals surface area contributed by atoms with Gasteiger partial charge < -0.3 is 15.2 Å². The number of nitrogens with one attached hydrogen (secondary N) is 2.